The van der Waals surface area contributed by atoms with Gasteiger partial charge in [-0.15, -0.1) is 0 Å². The van der Waals surface area contributed by atoms with Crippen LogP contribution in [0.1, 0.15) is 50.5 Å². The molecular weight excluding hydrogens is 300 g/mol. The van der Waals surface area contributed by atoms with Crippen LogP contribution in [0, 0.1) is 11.8 Å². The Balaban J connectivity index is 1.49. The van der Waals surface area contributed by atoms with Gasteiger partial charge >= 0.3 is 0 Å². The van der Waals surface area contributed by atoms with Crippen LogP contribution >= 0.6 is 0 Å². The fourth-order valence-electron chi connectivity index (χ4n) is 3.36. The Morgan fingerprint density at radius 3 is 2.67 bits per heavy atom. The zero-order valence-electron chi connectivity index (χ0n) is 14.3. The lowest BCUT2D eigenvalue weighted by Gasteiger charge is -2.25. The zero-order chi connectivity index (χ0) is 16.8. The predicted molar refractivity (Wildman–Crippen MR) is 97.7 cm³/mol. The third-order valence-corrected chi connectivity index (χ3v) is 5.15. The first kappa shape index (κ1) is 16.8. The summed E-state index contributed by atoms with van der Waals surface area (Å²) in [4.78, 5) is 16.6. The largest absolute Gasteiger partial charge is 0.370 e. The number of benzene rings is 1. The molecule has 0 aromatic heterocycles. The molecule has 1 aromatic carbocycles. The van der Waals surface area contributed by atoms with E-state index in [0.29, 0.717) is 12.5 Å². The van der Waals surface area contributed by atoms with E-state index in [0.717, 1.165) is 36.6 Å². The lowest BCUT2D eigenvalue weighted by molar-refractivity contribution is -0.119. The van der Waals surface area contributed by atoms with Crippen molar-refractivity contribution in [3.8, 4) is 0 Å². The number of carbonyl (C=O) groups is 1. The lowest BCUT2D eigenvalue weighted by atomic mass is 9.85. The highest BCUT2D eigenvalue weighted by Crippen LogP contribution is 2.26. The number of nitrogens with zero attached hydrogens (tertiary/aromatic N) is 1. The maximum atomic E-state index is 12.2. The molecule has 0 spiro atoms. The Morgan fingerprint density at radius 1 is 1.17 bits per heavy atom. The maximum absolute atomic E-state index is 12.2. The summed E-state index contributed by atoms with van der Waals surface area (Å²) in [6.07, 6.45) is 8.28. The molecule has 2 aliphatic carbocycles. The second-order valence-electron chi connectivity index (χ2n) is 7.05. The average Bonchev–Trinajstić information content (AvgIpc) is 3.06. The minimum atomic E-state index is 0.148. The van der Waals surface area contributed by atoms with Gasteiger partial charge in [0, 0.05) is 18.2 Å². The van der Waals surface area contributed by atoms with E-state index < -0.39 is 0 Å². The number of aliphatic imine (C=N–C) groups is 1. The third kappa shape index (κ3) is 4.73. The van der Waals surface area contributed by atoms with Crippen molar-refractivity contribution in [1.82, 2.24) is 5.32 Å². The molecule has 2 fully saturated rings. The summed E-state index contributed by atoms with van der Waals surface area (Å²) >= 11 is 0. The first-order valence-electron chi connectivity index (χ1n) is 9.14. The van der Waals surface area contributed by atoms with Crippen LogP contribution in [-0.2, 0) is 11.3 Å². The van der Waals surface area contributed by atoms with Gasteiger partial charge in [0.15, 0.2) is 5.96 Å². The molecule has 24 heavy (non-hydrogen) atoms. The Kier molecular flexibility index (Phi) is 5.72. The second kappa shape index (κ2) is 8.18. The van der Waals surface area contributed by atoms with Crippen LogP contribution in [-0.4, -0.2) is 18.4 Å². The van der Waals surface area contributed by atoms with Gasteiger partial charge in [-0.05, 0) is 49.3 Å². The summed E-state index contributed by atoms with van der Waals surface area (Å²) in [7, 11) is 0. The van der Waals surface area contributed by atoms with Crippen molar-refractivity contribution < 1.29 is 4.79 Å². The van der Waals surface area contributed by atoms with Crippen molar-refractivity contribution in [2.75, 3.05) is 11.9 Å². The number of amides is 1. The van der Waals surface area contributed by atoms with Crippen molar-refractivity contribution in [1.29, 1.82) is 0 Å². The lowest BCUT2D eigenvalue weighted by Crippen LogP contribution is -2.37. The van der Waals surface area contributed by atoms with E-state index >= 15 is 0 Å². The van der Waals surface area contributed by atoms with Crippen LogP contribution in [0.2, 0.25) is 0 Å². The summed E-state index contributed by atoms with van der Waals surface area (Å²) < 4.78 is 0. The molecule has 2 saturated carbocycles. The molecule has 5 nitrogen and oxygen atoms in total. The first-order valence-corrected chi connectivity index (χ1v) is 9.14. The summed E-state index contributed by atoms with van der Waals surface area (Å²) in [6.45, 7) is 1.45. The second-order valence-corrected chi connectivity index (χ2v) is 7.05. The van der Waals surface area contributed by atoms with Gasteiger partial charge in [0.1, 0.15) is 0 Å². The number of rotatable bonds is 6. The van der Waals surface area contributed by atoms with Crippen molar-refractivity contribution in [3.05, 3.63) is 29.8 Å². The van der Waals surface area contributed by atoms with Crippen molar-refractivity contribution in [2.24, 2.45) is 22.6 Å². The van der Waals surface area contributed by atoms with Crippen molar-refractivity contribution in [2.45, 2.75) is 51.5 Å². The van der Waals surface area contributed by atoms with E-state index in [1.165, 1.54) is 32.1 Å². The third-order valence-electron chi connectivity index (χ3n) is 5.15. The van der Waals surface area contributed by atoms with Crippen LogP contribution in [0.4, 0.5) is 5.69 Å². The predicted octanol–water partition coefficient (Wildman–Crippen LogP) is 3.02. The number of nitrogens with one attached hydrogen (secondary N) is 2. The molecule has 0 bridgehead atoms. The van der Waals surface area contributed by atoms with Gasteiger partial charge in [0.2, 0.25) is 5.91 Å². The Labute approximate surface area is 144 Å². The summed E-state index contributed by atoms with van der Waals surface area (Å²) in [5.74, 6) is 1.59. The highest BCUT2D eigenvalue weighted by molar-refractivity contribution is 5.92. The van der Waals surface area contributed by atoms with Crippen LogP contribution in [0.3, 0.4) is 0 Å². The summed E-state index contributed by atoms with van der Waals surface area (Å²) in [5.41, 5.74) is 7.82. The molecule has 4 N–H and O–H groups in total. The summed E-state index contributed by atoms with van der Waals surface area (Å²) in [5, 5.41) is 6.23. The molecule has 1 aromatic rings. The minimum absolute atomic E-state index is 0.148. The highest BCUT2D eigenvalue weighted by atomic mass is 16.1. The molecule has 0 radical (unpaired) electrons. The molecule has 1 amide bonds. The van der Waals surface area contributed by atoms with E-state index in [-0.39, 0.29) is 11.8 Å². The topological polar surface area (TPSA) is 79.5 Å². The van der Waals surface area contributed by atoms with Gasteiger partial charge in [0.05, 0.1) is 6.54 Å². The van der Waals surface area contributed by atoms with E-state index in [2.05, 4.69) is 15.6 Å². The molecule has 0 saturated heterocycles. The molecule has 0 unspecified atom stereocenters. The van der Waals surface area contributed by atoms with E-state index in [1.807, 2.05) is 24.3 Å². The first-order chi connectivity index (χ1) is 11.7. The maximum Gasteiger partial charge on any atom is 0.227 e. The Morgan fingerprint density at radius 2 is 1.96 bits per heavy atom. The fourth-order valence-corrected chi connectivity index (χ4v) is 3.36. The normalized spacial score (nSPS) is 19.1. The smallest absolute Gasteiger partial charge is 0.227 e. The van der Waals surface area contributed by atoms with Gasteiger partial charge in [-0.25, -0.2) is 4.99 Å². The molecule has 3 rings (SSSR count). The molecule has 5 heteroatoms. The Bertz CT molecular complexity index is 589. The van der Waals surface area contributed by atoms with Gasteiger partial charge in [-0.3, -0.25) is 4.79 Å². The SMILES string of the molecule is NC(=NCc1cccc(NC(=O)C2CCCC2)c1)NCC1CCC1. The summed E-state index contributed by atoms with van der Waals surface area (Å²) in [6, 6.07) is 7.87. The number of nitrogens with two attached hydrogens (primary N) is 1. The number of guanidine groups is 1. The zero-order valence-corrected chi connectivity index (χ0v) is 14.3. The number of carbonyl (C=O) groups excluding carboxylic acids is 1. The molecule has 0 atom stereocenters. The Hall–Kier alpha value is -2.04. The van der Waals surface area contributed by atoms with E-state index in [9.17, 15) is 4.79 Å². The van der Waals surface area contributed by atoms with Gasteiger partial charge in [-0.2, -0.15) is 0 Å². The van der Waals surface area contributed by atoms with Gasteiger partial charge in [0.25, 0.3) is 0 Å². The quantitative estimate of drug-likeness (QED) is 0.555. The average molecular weight is 328 g/mol. The number of hydrogen-bond donors (Lipinski definition) is 3. The van der Waals surface area contributed by atoms with Gasteiger partial charge < -0.3 is 16.4 Å². The molecule has 0 aliphatic heterocycles. The number of hydrogen-bond acceptors (Lipinski definition) is 2. The van der Waals surface area contributed by atoms with Crippen molar-refractivity contribution >= 4 is 17.6 Å². The fraction of sp³-hybridized carbons (Fsp3) is 0.579. The van der Waals surface area contributed by atoms with E-state index in [4.69, 9.17) is 5.73 Å². The standard InChI is InChI=1S/C19H28N4O/c20-19(21-12-14-5-3-6-14)22-13-15-7-4-10-17(11-15)23-18(24)16-8-1-2-9-16/h4,7,10-11,14,16H,1-3,5-6,8-9,12-13H2,(H,23,24)(H3,20,21,22). The molecular formula is C19H28N4O. The van der Waals surface area contributed by atoms with Crippen LogP contribution < -0.4 is 16.4 Å². The molecule has 0 heterocycles. The van der Waals surface area contributed by atoms with Crippen molar-refractivity contribution in [3.63, 3.8) is 0 Å². The van der Waals surface area contributed by atoms with Gasteiger partial charge in [-0.1, -0.05) is 31.4 Å². The van der Waals surface area contributed by atoms with Crippen LogP contribution in [0.15, 0.2) is 29.3 Å². The van der Waals surface area contributed by atoms with E-state index in [1.54, 1.807) is 0 Å². The van der Waals surface area contributed by atoms with Crippen LogP contribution in [0.25, 0.3) is 0 Å². The highest BCUT2D eigenvalue weighted by Gasteiger charge is 2.22. The monoisotopic (exact) mass is 328 g/mol. The molecule has 2 aliphatic rings. The number of anilines is 1. The van der Waals surface area contributed by atoms with Crippen LogP contribution in [0.5, 0.6) is 0 Å². The molecule has 130 valence electrons. The minimum Gasteiger partial charge on any atom is -0.370 e.